The summed E-state index contributed by atoms with van der Waals surface area (Å²) in [5.41, 5.74) is 2.95. The van der Waals surface area contributed by atoms with Crippen molar-refractivity contribution in [2.75, 3.05) is 51.2 Å². The van der Waals surface area contributed by atoms with E-state index >= 15 is 0 Å². The number of rotatable bonds is 6. The number of nitrogens with one attached hydrogen (secondary N) is 1. The van der Waals surface area contributed by atoms with Gasteiger partial charge >= 0.3 is 6.03 Å². The van der Waals surface area contributed by atoms with Crippen molar-refractivity contribution < 1.29 is 19.0 Å². The molecule has 0 radical (unpaired) electrons. The number of amides is 2. The van der Waals surface area contributed by atoms with Gasteiger partial charge in [-0.2, -0.15) is 0 Å². The molecule has 1 aliphatic rings. The summed E-state index contributed by atoms with van der Waals surface area (Å²) < 4.78 is 16.1. The first kappa shape index (κ1) is 20.8. The summed E-state index contributed by atoms with van der Waals surface area (Å²) >= 11 is 0. The quantitative estimate of drug-likeness (QED) is 0.752. The monoisotopic (exact) mass is 399 g/mol. The lowest BCUT2D eigenvalue weighted by atomic mass is 10.1. The molecule has 1 aliphatic heterocycles. The Bertz CT molecular complexity index is 843. The Hall–Kier alpha value is -2.93. The zero-order chi connectivity index (χ0) is 20.8. The van der Waals surface area contributed by atoms with E-state index in [1.165, 1.54) is 0 Å². The molecule has 0 fully saturated rings. The number of hydrogen-bond acceptors (Lipinski definition) is 5. The number of hydrogen-bond donors (Lipinski definition) is 1. The maximum absolute atomic E-state index is 13.1. The van der Waals surface area contributed by atoms with Gasteiger partial charge in [0.1, 0.15) is 6.61 Å². The Morgan fingerprint density at radius 3 is 2.69 bits per heavy atom. The van der Waals surface area contributed by atoms with E-state index in [-0.39, 0.29) is 12.1 Å². The van der Waals surface area contributed by atoms with E-state index in [2.05, 4.69) is 36.3 Å². The van der Waals surface area contributed by atoms with E-state index in [1.807, 2.05) is 23.1 Å². The van der Waals surface area contributed by atoms with Crippen LogP contribution in [0, 0.1) is 0 Å². The van der Waals surface area contributed by atoms with Gasteiger partial charge in [-0.25, -0.2) is 4.79 Å². The van der Waals surface area contributed by atoms with E-state index in [1.54, 1.807) is 26.4 Å². The number of benzene rings is 2. The van der Waals surface area contributed by atoms with Crippen molar-refractivity contribution in [2.24, 2.45) is 0 Å². The maximum Gasteiger partial charge on any atom is 0.322 e. The number of ether oxygens (including phenoxy) is 3. The summed E-state index contributed by atoms with van der Waals surface area (Å²) in [6, 6.07) is 13.5. The molecule has 0 bridgehead atoms. The summed E-state index contributed by atoms with van der Waals surface area (Å²) in [4.78, 5) is 17.1. The van der Waals surface area contributed by atoms with Gasteiger partial charge < -0.3 is 29.3 Å². The number of urea groups is 1. The van der Waals surface area contributed by atoms with Crippen LogP contribution in [0.15, 0.2) is 42.5 Å². The fraction of sp³-hybridized carbons (Fsp3) is 0.409. The molecule has 156 valence electrons. The number of nitrogens with zero attached hydrogens (tertiary/aromatic N) is 2. The minimum absolute atomic E-state index is 0.0584. The molecule has 2 aromatic rings. The van der Waals surface area contributed by atoms with Crippen LogP contribution in [-0.2, 0) is 11.3 Å². The zero-order valence-electron chi connectivity index (χ0n) is 17.5. The number of fused-ring (bicyclic) bond motifs is 1. The van der Waals surface area contributed by atoms with Crippen molar-refractivity contribution in [3.05, 3.63) is 48.0 Å². The van der Waals surface area contributed by atoms with Crippen LogP contribution >= 0.6 is 0 Å². The van der Waals surface area contributed by atoms with Gasteiger partial charge in [-0.15, -0.1) is 0 Å². The fourth-order valence-electron chi connectivity index (χ4n) is 3.52. The van der Waals surface area contributed by atoms with Crippen LogP contribution in [-0.4, -0.2) is 58.0 Å². The maximum atomic E-state index is 13.1. The molecular formula is C22H29N3O4. The molecule has 2 aromatic carbocycles. The second-order valence-corrected chi connectivity index (χ2v) is 7.12. The van der Waals surface area contributed by atoms with Crippen LogP contribution in [0.2, 0.25) is 0 Å². The van der Waals surface area contributed by atoms with Gasteiger partial charge in [0, 0.05) is 50.7 Å². The lowest BCUT2D eigenvalue weighted by molar-refractivity contribution is 0.144. The lowest BCUT2D eigenvalue weighted by Gasteiger charge is -2.28. The molecule has 7 nitrogen and oxygen atoms in total. The second-order valence-electron chi connectivity index (χ2n) is 7.12. The van der Waals surface area contributed by atoms with E-state index < -0.39 is 0 Å². The summed E-state index contributed by atoms with van der Waals surface area (Å²) in [5.74, 6) is 1.18. The van der Waals surface area contributed by atoms with Crippen molar-refractivity contribution >= 4 is 17.4 Å². The van der Waals surface area contributed by atoms with Crippen molar-refractivity contribution in [2.45, 2.75) is 19.5 Å². The molecule has 7 heteroatoms. The average molecular weight is 399 g/mol. The molecular weight excluding hydrogens is 370 g/mol. The molecule has 3 rings (SSSR count). The fourth-order valence-corrected chi connectivity index (χ4v) is 3.52. The van der Waals surface area contributed by atoms with Crippen LogP contribution in [0.5, 0.6) is 11.5 Å². The zero-order valence-corrected chi connectivity index (χ0v) is 17.5. The molecule has 0 spiro atoms. The summed E-state index contributed by atoms with van der Waals surface area (Å²) in [5, 5.41) is 3.00. The van der Waals surface area contributed by atoms with E-state index in [0.717, 1.165) is 17.8 Å². The molecule has 1 N–H and O–H groups in total. The molecule has 0 unspecified atom stereocenters. The van der Waals surface area contributed by atoms with Crippen LogP contribution in [0.4, 0.5) is 16.2 Å². The molecule has 0 aromatic heterocycles. The van der Waals surface area contributed by atoms with Gasteiger partial charge in [0.25, 0.3) is 0 Å². The largest absolute Gasteiger partial charge is 0.493 e. The Labute approximate surface area is 172 Å². The molecule has 2 amide bonds. The number of carbonyl (C=O) groups excluding carboxylic acids is 1. The number of para-hydroxylation sites is 1. The van der Waals surface area contributed by atoms with E-state index in [0.29, 0.717) is 36.9 Å². The Morgan fingerprint density at radius 2 is 1.93 bits per heavy atom. The van der Waals surface area contributed by atoms with Crippen molar-refractivity contribution in [1.29, 1.82) is 0 Å². The standard InChI is InChI=1S/C22H29N3O4/c1-16-14-24(2)19-8-6-5-7-17(19)15-25(16)22(26)23-18-9-10-20(28-4)21(13-18)29-12-11-27-3/h5-10,13,16H,11-12,14-15H2,1-4H3,(H,23,26)/t16-/m0/s1. The number of methoxy groups -OCH3 is 2. The highest BCUT2D eigenvalue weighted by Gasteiger charge is 2.27. The first-order chi connectivity index (χ1) is 14.0. The normalized spacial score (nSPS) is 16.1. The molecule has 0 aliphatic carbocycles. The van der Waals surface area contributed by atoms with Gasteiger partial charge in [-0.3, -0.25) is 0 Å². The summed E-state index contributed by atoms with van der Waals surface area (Å²) in [6.07, 6.45) is 0. The van der Waals surface area contributed by atoms with Crippen LogP contribution in [0.3, 0.4) is 0 Å². The number of likely N-dealkylation sites (N-methyl/N-ethyl adjacent to an activating group) is 1. The number of carbonyl (C=O) groups is 1. The Kier molecular flexibility index (Phi) is 6.82. The Morgan fingerprint density at radius 1 is 1.14 bits per heavy atom. The average Bonchev–Trinajstić information content (AvgIpc) is 2.84. The van der Waals surface area contributed by atoms with Crippen LogP contribution in [0.1, 0.15) is 12.5 Å². The molecule has 0 saturated carbocycles. The molecule has 1 atom stereocenters. The third kappa shape index (κ3) is 4.92. The second kappa shape index (κ2) is 9.52. The highest BCUT2D eigenvalue weighted by Crippen LogP contribution is 2.31. The highest BCUT2D eigenvalue weighted by molar-refractivity contribution is 5.90. The van der Waals surface area contributed by atoms with Crippen molar-refractivity contribution in [3.8, 4) is 11.5 Å². The first-order valence-corrected chi connectivity index (χ1v) is 9.70. The van der Waals surface area contributed by atoms with Crippen molar-refractivity contribution in [1.82, 2.24) is 4.90 Å². The van der Waals surface area contributed by atoms with Gasteiger partial charge in [0.15, 0.2) is 11.5 Å². The topological polar surface area (TPSA) is 63.3 Å². The minimum Gasteiger partial charge on any atom is -0.493 e. The first-order valence-electron chi connectivity index (χ1n) is 9.70. The lowest BCUT2D eigenvalue weighted by Crippen LogP contribution is -2.44. The predicted molar refractivity (Wildman–Crippen MR) is 114 cm³/mol. The third-order valence-corrected chi connectivity index (χ3v) is 5.03. The predicted octanol–water partition coefficient (Wildman–Crippen LogP) is 3.59. The van der Waals surface area contributed by atoms with Crippen LogP contribution < -0.4 is 19.7 Å². The smallest absolute Gasteiger partial charge is 0.322 e. The Balaban J connectivity index is 1.76. The molecule has 29 heavy (non-hydrogen) atoms. The van der Waals surface area contributed by atoms with Gasteiger partial charge in [0.2, 0.25) is 0 Å². The van der Waals surface area contributed by atoms with Crippen molar-refractivity contribution in [3.63, 3.8) is 0 Å². The van der Waals surface area contributed by atoms with Gasteiger partial charge in [0.05, 0.1) is 13.7 Å². The van der Waals surface area contributed by atoms with Crippen LogP contribution in [0.25, 0.3) is 0 Å². The van der Waals surface area contributed by atoms with Gasteiger partial charge in [-0.1, -0.05) is 18.2 Å². The SMILES string of the molecule is COCCOc1cc(NC(=O)N2Cc3ccccc3N(C)C[C@@H]2C)ccc1OC. The number of anilines is 2. The summed E-state index contributed by atoms with van der Waals surface area (Å²) in [7, 11) is 5.27. The van der Waals surface area contributed by atoms with Gasteiger partial charge in [-0.05, 0) is 30.7 Å². The molecule has 0 saturated heterocycles. The van der Waals surface area contributed by atoms with E-state index in [9.17, 15) is 4.79 Å². The highest BCUT2D eigenvalue weighted by atomic mass is 16.5. The minimum atomic E-state index is -0.143. The van der Waals surface area contributed by atoms with E-state index in [4.69, 9.17) is 14.2 Å². The summed E-state index contributed by atoms with van der Waals surface area (Å²) in [6.45, 7) is 4.25. The molecule has 1 heterocycles. The third-order valence-electron chi connectivity index (χ3n) is 5.03.